The highest BCUT2D eigenvalue weighted by Crippen LogP contribution is 2.46. The maximum atomic E-state index is 6.50. The molecule has 0 spiro atoms. The zero-order valence-electron chi connectivity index (χ0n) is 29.4. The first kappa shape index (κ1) is 29.2. The smallest absolute Gasteiger partial charge is 0.198 e. The zero-order valence-corrected chi connectivity index (χ0v) is 29.4. The van der Waals surface area contributed by atoms with Gasteiger partial charge in [0.15, 0.2) is 7.28 Å². The minimum atomic E-state index is 0.877. The number of rotatable bonds is 2. The van der Waals surface area contributed by atoms with Gasteiger partial charge in [0.1, 0.15) is 22.3 Å². The van der Waals surface area contributed by atoms with Crippen LogP contribution in [0.3, 0.4) is 0 Å². The molecule has 0 aliphatic carbocycles. The maximum absolute atomic E-state index is 6.50. The molecule has 1 N–H and O–H groups in total. The van der Waals surface area contributed by atoms with Crippen molar-refractivity contribution in [2.24, 2.45) is 0 Å². The molecule has 0 saturated carbocycles. The molecular formula is C50H28BN2O2. The molecule has 9 aromatic carbocycles. The number of hydrogen-bond donors (Lipinski definition) is 1. The van der Waals surface area contributed by atoms with E-state index in [-0.39, 0.29) is 0 Å². The third-order valence-corrected chi connectivity index (χ3v) is 11.8. The standard InChI is InChI=1S/C50H28BN2O2/c1-2-11-29-24-42-37(22-28(29)10-1)35-16-9-17-36(49(35)52-42)40-23-30-12-3-4-13-32(30)50-48(40)51-41-27-47-39(34-15-6-8-19-45(34)55-47)26-43(41)53(50)31-20-21-46-38(25-31)33-14-5-7-18-44(33)54-46/h1-27,52H. The average Bonchev–Trinajstić information content (AvgIpc) is 3.91. The number of anilines is 3. The zero-order chi connectivity index (χ0) is 35.8. The quantitative estimate of drug-likeness (QED) is 0.183. The third kappa shape index (κ3) is 4.07. The van der Waals surface area contributed by atoms with Crippen molar-refractivity contribution in [3.05, 3.63) is 164 Å². The summed E-state index contributed by atoms with van der Waals surface area (Å²) in [6.07, 6.45) is 0. The van der Waals surface area contributed by atoms with Crippen LogP contribution in [0.1, 0.15) is 0 Å². The van der Waals surface area contributed by atoms with Crippen LogP contribution in [-0.2, 0) is 0 Å². The first-order valence-corrected chi connectivity index (χ1v) is 18.7. The van der Waals surface area contributed by atoms with Crippen molar-refractivity contribution in [2.45, 2.75) is 0 Å². The van der Waals surface area contributed by atoms with Gasteiger partial charge in [0.25, 0.3) is 0 Å². The number of fused-ring (bicyclic) bond motifs is 14. The molecule has 5 heteroatoms. The average molecular weight is 700 g/mol. The van der Waals surface area contributed by atoms with Crippen LogP contribution in [0, 0.1) is 0 Å². The van der Waals surface area contributed by atoms with E-state index >= 15 is 0 Å². The van der Waals surface area contributed by atoms with E-state index in [0.29, 0.717) is 0 Å². The summed E-state index contributed by atoms with van der Waals surface area (Å²) in [7, 11) is 2.37. The number of aromatic amines is 1. The van der Waals surface area contributed by atoms with Crippen molar-refractivity contribution < 1.29 is 8.83 Å². The predicted octanol–water partition coefficient (Wildman–Crippen LogP) is 12.5. The van der Waals surface area contributed by atoms with Crippen LogP contribution in [0.15, 0.2) is 173 Å². The van der Waals surface area contributed by atoms with E-state index < -0.39 is 0 Å². The molecule has 1 radical (unpaired) electrons. The summed E-state index contributed by atoms with van der Waals surface area (Å²) in [5.41, 5.74) is 13.7. The summed E-state index contributed by atoms with van der Waals surface area (Å²) in [6.45, 7) is 0. The minimum Gasteiger partial charge on any atom is -0.456 e. The van der Waals surface area contributed by atoms with E-state index in [2.05, 4.69) is 163 Å². The van der Waals surface area contributed by atoms with E-state index in [4.69, 9.17) is 8.83 Å². The van der Waals surface area contributed by atoms with Gasteiger partial charge in [-0.05, 0) is 87.8 Å². The Kier molecular flexibility index (Phi) is 5.68. The number of aromatic nitrogens is 1. The molecule has 3 aromatic heterocycles. The van der Waals surface area contributed by atoms with Crippen LogP contribution in [0.2, 0.25) is 0 Å². The Labute approximate surface area is 315 Å². The Hall–Kier alpha value is -7.24. The highest BCUT2D eigenvalue weighted by Gasteiger charge is 2.31. The van der Waals surface area contributed by atoms with Gasteiger partial charge in [0, 0.05) is 65.8 Å². The summed E-state index contributed by atoms with van der Waals surface area (Å²) in [5, 5.41) is 11.7. The Bertz CT molecular complexity index is 3610. The van der Waals surface area contributed by atoms with E-state index in [1.54, 1.807) is 0 Å². The molecule has 0 atom stereocenters. The summed E-state index contributed by atoms with van der Waals surface area (Å²) < 4.78 is 12.8. The van der Waals surface area contributed by atoms with Crippen LogP contribution in [0.5, 0.6) is 0 Å². The Balaban J connectivity index is 1.14. The number of furan rings is 2. The van der Waals surface area contributed by atoms with Crippen LogP contribution in [0.4, 0.5) is 17.1 Å². The van der Waals surface area contributed by atoms with Crippen molar-refractivity contribution in [2.75, 3.05) is 4.90 Å². The number of hydrogen-bond acceptors (Lipinski definition) is 3. The fourth-order valence-corrected chi connectivity index (χ4v) is 9.27. The summed E-state index contributed by atoms with van der Waals surface area (Å²) in [6, 6.07) is 58.9. The fourth-order valence-electron chi connectivity index (χ4n) is 9.27. The molecule has 0 saturated heterocycles. The molecule has 253 valence electrons. The first-order chi connectivity index (χ1) is 27.2. The van der Waals surface area contributed by atoms with Gasteiger partial charge in [-0.15, -0.1) is 0 Å². The van der Waals surface area contributed by atoms with Crippen molar-refractivity contribution in [1.29, 1.82) is 0 Å². The van der Waals surface area contributed by atoms with E-state index in [1.807, 2.05) is 18.2 Å². The largest absolute Gasteiger partial charge is 0.456 e. The second kappa shape index (κ2) is 10.7. The van der Waals surface area contributed by atoms with E-state index in [1.165, 1.54) is 43.4 Å². The van der Waals surface area contributed by atoms with Gasteiger partial charge in [0.2, 0.25) is 0 Å². The number of H-pyrrole nitrogens is 1. The third-order valence-electron chi connectivity index (χ3n) is 11.8. The van der Waals surface area contributed by atoms with Gasteiger partial charge in [-0.2, -0.15) is 0 Å². The van der Waals surface area contributed by atoms with Gasteiger partial charge in [-0.3, -0.25) is 0 Å². The number of nitrogens with one attached hydrogen (secondary N) is 1. The lowest BCUT2D eigenvalue weighted by atomic mass is 9.57. The summed E-state index contributed by atoms with van der Waals surface area (Å²) >= 11 is 0. The Morgan fingerprint density at radius 3 is 1.91 bits per heavy atom. The highest BCUT2D eigenvalue weighted by atomic mass is 16.3. The number of para-hydroxylation sites is 3. The van der Waals surface area contributed by atoms with Gasteiger partial charge >= 0.3 is 0 Å². The molecule has 0 unspecified atom stereocenters. The molecule has 0 bridgehead atoms. The summed E-state index contributed by atoms with van der Waals surface area (Å²) in [4.78, 5) is 6.34. The lowest BCUT2D eigenvalue weighted by Crippen LogP contribution is -2.41. The van der Waals surface area contributed by atoms with Crippen molar-refractivity contribution in [3.63, 3.8) is 0 Å². The second-order valence-corrected chi connectivity index (χ2v) is 14.8. The Morgan fingerprint density at radius 2 is 1.09 bits per heavy atom. The lowest BCUT2D eigenvalue weighted by molar-refractivity contribution is 0.669. The molecular weight excluding hydrogens is 671 g/mol. The van der Waals surface area contributed by atoms with Gasteiger partial charge in [0.05, 0.1) is 5.52 Å². The number of nitrogens with zero attached hydrogens (tertiary/aromatic N) is 1. The molecule has 0 amide bonds. The SMILES string of the molecule is [B]1c2cc3oc4ccccc4c3cc2N(c2ccc3oc4ccccc4c3c2)c2c1c(-c1cccc3c1[nH]c1cc4ccccc4cc13)cc1ccccc21. The lowest BCUT2D eigenvalue weighted by Gasteiger charge is -2.36. The first-order valence-electron chi connectivity index (χ1n) is 18.7. The molecule has 1 aliphatic heterocycles. The molecule has 13 rings (SSSR count). The van der Waals surface area contributed by atoms with Crippen molar-refractivity contribution in [1.82, 2.24) is 4.98 Å². The topological polar surface area (TPSA) is 45.3 Å². The monoisotopic (exact) mass is 699 g/mol. The van der Waals surface area contributed by atoms with Crippen LogP contribution in [0.25, 0.3) is 98.4 Å². The molecule has 4 nitrogen and oxygen atoms in total. The van der Waals surface area contributed by atoms with Gasteiger partial charge < -0.3 is 18.7 Å². The summed E-state index contributed by atoms with van der Waals surface area (Å²) in [5.74, 6) is 0. The molecule has 55 heavy (non-hydrogen) atoms. The van der Waals surface area contributed by atoms with Crippen molar-refractivity contribution >= 4 is 122 Å². The Morgan fingerprint density at radius 1 is 0.436 bits per heavy atom. The normalized spacial score (nSPS) is 12.8. The maximum Gasteiger partial charge on any atom is 0.198 e. The predicted molar refractivity (Wildman–Crippen MR) is 231 cm³/mol. The van der Waals surface area contributed by atoms with E-state index in [9.17, 15) is 0 Å². The molecule has 4 heterocycles. The van der Waals surface area contributed by atoms with Gasteiger partial charge in [-0.25, -0.2) is 0 Å². The highest BCUT2D eigenvalue weighted by molar-refractivity contribution is 6.74. The molecule has 12 aromatic rings. The van der Waals surface area contributed by atoms with Crippen molar-refractivity contribution in [3.8, 4) is 11.1 Å². The van der Waals surface area contributed by atoms with Crippen LogP contribution >= 0.6 is 0 Å². The van der Waals surface area contributed by atoms with E-state index in [0.717, 1.165) is 82.9 Å². The molecule has 0 fully saturated rings. The van der Waals surface area contributed by atoms with Crippen LogP contribution < -0.4 is 15.8 Å². The molecule has 1 aliphatic rings. The number of benzene rings is 9. The fraction of sp³-hybridized carbons (Fsp3) is 0. The van der Waals surface area contributed by atoms with Gasteiger partial charge in [-0.1, -0.05) is 109 Å². The van der Waals surface area contributed by atoms with Crippen LogP contribution in [-0.4, -0.2) is 12.3 Å². The minimum absolute atomic E-state index is 0.877. The second-order valence-electron chi connectivity index (χ2n) is 14.8.